The van der Waals surface area contributed by atoms with Crippen LogP contribution in [0.5, 0.6) is 11.5 Å². The summed E-state index contributed by atoms with van der Waals surface area (Å²) in [6.07, 6.45) is 1.95. The Labute approximate surface area is 148 Å². The third kappa shape index (κ3) is 2.95. The van der Waals surface area contributed by atoms with E-state index >= 15 is 0 Å². The Hall–Kier alpha value is -3.48. The maximum absolute atomic E-state index is 12.5. The number of hydrogen-bond acceptors (Lipinski definition) is 4. The first-order chi connectivity index (χ1) is 12.6. The second-order valence-electron chi connectivity index (χ2n) is 6.00. The van der Waals surface area contributed by atoms with E-state index in [4.69, 9.17) is 9.47 Å². The second-order valence-corrected chi connectivity index (χ2v) is 6.00. The Balaban J connectivity index is 1.53. The van der Waals surface area contributed by atoms with Crippen molar-refractivity contribution in [2.24, 2.45) is 0 Å². The molecule has 1 aliphatic rings. The fraction of sp³-hybridized carbons (Fsp3) is 0.158. The molecule has 7 nitrogen and oxygen atoms in total. The molecular weight excluding hydrogens is 336 g/mol. The average Bonchev–Trinajstić information content (AvgIpc) is 3.27. The molecule has 4 rings (SSSR count). The van der Waals surface area contributed by atoms with Gasteiger partial charge in [0.15, 0.2) is 11.5 Å². The third-order valence-corrected chi connectivity index (χ3v) is 4.34. The van der Waals surface area contributed by atoms with Crippen molar-refractivity contribution in [3.63, 3.8) is 0 Å². The molecule has 0 saturated carbocycles. The van der Waals surface area contributed by atoms with Gasteiger partial charge in [-0.05, 0) is 29.8 Å². The monoisotopic (exact) mass is 352 g/mol. The van der Waals surface area contributed by atoms with Crippen molar-refractivity contribution in [1.29, 1.82) is 0 Å². The molecule has 1 aliphatic heterocycles. The van der Waals surface area contributed by atoms with Gasteiger partial charge in [0.2, 0.25) is 6.79 Å². The number of H-pyrrole nitrogens is 1. The van der Waals surface area contributed by atoms with Crippen LogP contribution in [0.15, 0.2) is 48.7 Å². The summed E-state index contributed by atoms with van der Waals surface area (Å²) in [6.45, 7) is 0.110. The Bertz CT molecular complexity index is 995. The number of aliphatic carboxylic acids is 1. The van der Waals surface area contributed by atoms with Crippen LogP contribution < -0.4 is 14.8 Å². The Kier molecular flexibility index (Phi) is 3.96. The number of nitrogens with one attached hydrogen (secondary N) is 2. The van der Waals surface area contributed by atoms with Crippen LogP contribution in [0.2, 0.25) is 0 Å². The number of aromatic nitrogens is 1. The van der Waals surface area contributed by atoms with Crippen molar-refractivity contribution in [1.82, 2.24) is 10.3 Å². The van der Waals surface area contributed by atoms with E-state index in [1.807, 2.05) is 24.3 Å². The molecule has 0 saturated heterocycles. The summed E-state index contributed by atoms with van der Waals surface area (Å²) < 4.78 is 10.5. The molecule has 3 N–H and O–H groups in total. The van der Waals surface area contributed by atoms with Crippen molar-refractivity contribution >= 4 is 22.8 Å². The van der Waals surface area contributed by atoms with Crippen LogP contribution >= 0.6 is 0 Å². The third-order valence-electron chi connectivity index (χ3n) is 4.34. The normalized spacial score (nSPS) is 13.5. The van der Waals surface area contributed by atoms with Gasteiger partial charge in [0, 0.05) is 29.1 Å². The van der Waals surface area contributed by atoms with Crippen LogP contribution in [0.1, 0.15) is 15.9 Å². The second kappa shape index (κ2) is 6.44. The van der Waals surface area contributed by atoms with Gasteiger partial charge < -0.3 is 24.9 Å². The minimum atomic E-state index is -1.09. The highest BCUT2D eigenvalue weighted by atomic mass is 16.7. The van der Waals surface area contributed by atoms with E-state index in [1.54, 1.807) is 24.4 Å². The molecule has 2 heterocycles. The van der Waals surface area contributed by atoms with Gasteiger partial charge in [0.25, 0.3) is 5.91 Å². The summed E-state index contributed by atoms with van der Waals surface area (Å²) in [4.78, 5) is 27.2. The van der Waals surface area contributed by atoms with Crippen molar-refractivity contribution in [2.45, 2.75) is 12.5 Å². The molecule has 0 radical (unpaired) electrons. The summed E-state index contributed by atoms with van der Waals surface area (Å²) in [5, 5.41) is 13.0. The molecule has 0 fully saturated rings. The fourth-order valence-corrected chi connectivity index (χ4v) is 3.00. The van der Waals surface area contributed by atoms with Crippen molar-refractivity contribution < 1.29 is 24.2 Å². The van der Waals surface area contributed by atoms with E-state index in [-0.39, 0.29) is 13.2 Å². The van der Waals surface area contributed by atoms with Crippen LogP contribution in [0.4, 0.5) is 0 Å². The first kappa shape index (κ1) is 16.0. The van der Waals surface area contributed by atoms with Crippen molar-refractivity contribution in [3.05, 3.63) is 59.8 Å². The van der Waals surface area contributed by atoms with Gasteiger partial charge in [0.1, 0.15) is 6.04 Å². The maximum Gasteiger partial charge on any atom is 0.326 e. The lowest BCUT2D eigenvalue weighted by Gasteiger charge is -2.14. The summed E-state index contributed by atoms with van der Waals surface area (Å²) in [7, 11) is 0. The predicted molar refractivity (Wildman–Crippen MR) is 93.5 cm³/mol. The van der Waals surface area contributed by atoms with Crippen LogP contribution in [0.25, 0.3) is 10.9 Å². The lowest BCUT2D eigenvalue weighted by molar-refractivity contribution is -0.139. The number of carboxylic acid groups (broad SMARTS) is 1. The minimum Gasteiger partial charge on any atom is -0.480 e. The number of aromatic amines is 1. The summed E-state index contributed by atoms with van der Waals surface area (Å²) in [5.74, 6) is -0.531. The first-order valence-corrected chi connectivity index (χ1v) is 8.10. The summed E-state index contributed by atoms with van der Waals surface area (Å²) in [6, 6.07) is 11.3. The molecule has 0 spiro atoms. The zero-order valence-electron chi connectivity index (χ0n) is 13.7. The number of hydrogen-bond donors (Lipinski definition) is 3. The number of ether oxygens (including phenoxy) is 2. The fourth-order valence-electron chi connectivity index (χ4n) is 3.00. The highest BCUT2D eigenvalue weighted by molar-refractivity contribution is 5.97. The van der Waals surface area contributed by atoms with Crippen LogP contribution in [0.3, 0.4) is 0 Å². The molecule has 132 valence electrons. The van der Waals surface area contributed by atoms with Crippen molar-refractivity contribution in [2.75, 3.05) is 6.79 Å². The van der Waals surface area contributed by atoms with Gasteiger partial charge in [0.05, 0.1) is 0 Å². The number of fused-ring (bicyclic) bond motifs is 2. The molecule has 1 atom stereocenters. The van der Waals surface area contributed by atoms with Gasteiger partial charge in [-0.25, -0.2) is 4.79 Å². The van der Waals surface area contributed by atoms with E-state index in [9.17, 15) is 14.7 Å². The summed E-state index contributed by atoms with van der Waals surface area (Å²) >= 11 is 0. The molecule has 26 heavy (non-hydrogen) atoms. The molecule has 0 unspecified atom stereocenters. The van der Waals surface area contributed by atoms with Crippen LogP contribution in [-0.2, 0) is 11.2 Å². The first-order valence-electron chi connectivity index (χ1n) is 8.10. The maximum atomic E-state index is 12.5. The lowest BCUT2D eigenvalue weighted by Crippen LogP contribution is -2.42. The highest BCUT2D eigenvalue weighted by Crippen LogP contribution is 2.32. The quantitative estimate of drug-likeness (QED) is 0.654. The smallest absolute Gasteiger partial charge is 0.326 e. The van der Waals surface area contributed by atoms with Crippen LogP contribution in [-0.4, -0.2) is 34.8 Å². The van der Waals surface area contributed by atoms with Gasteiger partial charge in [-0.1, -0.05) is 18.2 Å². The number of para-hydroxylation sites is 1. The zero-order chi connectivity index (χ0) is 18.1. The number of amides is 1. The van der Waals surface area contributed by atoms with E-state index in [2.05, 4.69) is 10.3 Å². The molecular formula is C19H16N2O5. The molecule has 1 aromatic heterocycles. The molecule has 1 amide bonds. The Morgan fingerprint density at radius 3 is 2.81 bits per heavy atom. The molecule has 0 bridgehead atoms. The summed E-state index contributed by atoms with van der Waals surface area (Å²) in [5.41, 5.74) is 2.08. The Morgan fingerprint density at radius 1 is 1.15 bits per heavy atom. The lowest BCUT2D eigenvalue weighted by atomic mass is 10.0. The number of carbonyl (C=O) groups is 2. The van der Waals surface area contributed by atoms with E-state index in [0.29, 0.717) is 17.1 Å². The van der Waals surface area contributed by atoms with Gasteiger partial charge in [-0.2, -0.15) is 0 Å². The molecule has 3 aromatic rings. The average molecular weight is 352 g/mol. The number of carboxylic acids is 1. The van der Waals surface area contributed by atoms with Gasteiger partial charge >= 0.3 is 5.97 Å². The standard InChI is InChI=1S/C19H16N2O5/c22-18(11-5-6-16-17(8-11)26-10-25-16)21-15(19(23)24)7-12-9-20-14-4-2-1-3-13(12)14/h1-6,8-9,15,20H,7,10H2,(H,21,22)(H,23,24)/t15-/m1/s1. The van der Waals surface area contributed by atoms with E-state index in [1.165, 1.54) is 0 Å². The van der Waals surface area contributed by atoms with E-state index in [0.717, 1.165) is 16.5 Å². The topological polar surface area (TPSA) is 101 Å². The number of carbonyl (C=O) groups excluding carboxylic acids is 1. The largest absolute Gasteiger partial charge is 0.480 e. The SMILES string of the molecule is O=C(N[C@H](Cc1c[nH]c2ccccc12)C(=O)O)c1ccc2c(c1)OCO2. The molecule has 2 aromatic carbocycles. The van der Waals surface area contributed by atoms with E-state index < -0.39 is 17.9 Å². The molecule has 7 heteroatoms. The predicted octanol–water partition coefficient (Wildman–Crippen LogP) is 2.32. The highest BCUT2D eigenvalue weighted by Gasteiger charge is 2.24. The number of rotatable bonds is 5. The zero-order valence-corrected chi connectivity index (χ0v) is 13.7. The molecule has 0 aliphatic carbocycles. The minimum absolute atomic E-state index is 0.110. The van der Waals surface area contributed by atoms with Gasteiger partial charge in [-0.15, -0.1) is 0 Å². The number of benzene rings is 2. The van der Waals surface area contributed by atoms with Gasteiger partial charge in [-0.3, -0.25) is 4.79 Å². The Morgan fingerprint density at radius 2 is 1.96 bits per heavy atom. The van der Waals surface area contributed by atoms with Crippen LogP contribution in [0, 0.1) is 0 Å². The van der Waals surface area contributed by atoms with Crippen molar-refractivity contribution in [3.8, 4) is 11.5 Å².